The van der Waals surface area contributed by atoms with Gasteiger partial charge in [-0.1, -0.05) is 104 Å². The van der Waals surface area contributed by atoms with Crippen molar-refractivity contribution in [2.75, 3.05) is 0 Å². The lowest BCUT2D eigenvalue weighted by Gasteiger charge is -2.42. The van der Waals surface area contributed by atoms with Crippen LogP contribution in [0.2, 0.25) is 0 Å². The molecule has 0 radical (unpaired) electrons. The first-order valence-corrected chi connectivity index (χ1v) is 14.9. The highest BCUT2D eigenvalue weighted by Crippen LogP contribution is 2.64. The minimum absolute atomic E-state index is 0.368. The zero-order valence-corrected chi connectivity index (χ0v) is 28.1. The molecule has 3 aromatic rings. The summed E-state index contributed by atoms with van der Waals surface area (Å²) >= 11 is 0. The molecule has 0 saturated heterocycles. The van der Waals surface area contributed by atoms with E-state index in [1.54, 1.807) is 6.92 Å². The van der Waals surface area contributed by atoms with Crippen molar-refractivity contribution in [2.24, 2.45) is 0 Å². The maximum atomic E-state index is 13.3. The Morgan fingerprint density at radius 2 is 0.661 bits per heavy atom. The van der Waals surface area contributed by atoms with Crippen LogP contribution in [-0.2, 0) is 24.7 Å². The van der Waals surface area contributed by atoms with Gasteiger partial charge in [0.1, 0.15) is 0 Å². The van der Waals surface area contributed by atoms with Gasteiger partial charge in [-0.25, -0.2) is 9.59 Å². The minimum atomic E-state index is -8.74. The molecule has 0 saturated carbocycles. The van der Waals surface area contributed by atoms with E-state index in [1.165, 1.54) is 0 Å². The fourth-order valence-corrected chi connectivity index (χ4v) is 4.34. The van der Waals surface area contributed by atoms with E-state index in [0.717, 1.165) is 16.7 Å². The smallest absolute Gasteiger partial charge is 0.441 e. The van der Waals surface area contributed by atoms with E-state index in [4.69, 9.17) is 4.74 Å². The number of carbonyl (C=O) groups is 2. The number of rotatable bonds is 13. The van der Waals surface area contributed by atoms with Crippen molar-refractivity contribution < 1.29 is 93.7 Å². The summed E-state index contributed by atoms with van der Waals surface area (Å²) in [6.07, 6.45) is -15.0. The highest BCUT2D eigenvalue weighted by Gasteiger charge is 2.96. The van der Waals surface area contributed by atoms with Crippen molar-refractivity contribution in [3.63, 3.8) is 0 Å². The number of hydrogen-bond donors (Lipinski definition) is 0. The predicted molar refractivity (Wildman–Crippen MR) is 162 cm³/mol. The Labute approximate surface area is 305 Å². The van der Waals surface area contributed by atoms with Crippen LogP contribution in [0.5, 0.6) is 0 Å². The fourth-order valence-electron chi connectivity index (χ4n) is 4.34. The van der Waals surface area contributed by atoms with Gasteiger partial charge < -0.3 is 9.47 Å². The van der Waals surface area contributed by atoms with Crippen LogP contribution in [0.15, 0.2) is 115 Å². The number of hydrogen-bond acceptors (Lipinski definition) is 4. The Balaban J connectivity index is 0.000000393. The van der Waals surface area contributed by atoms with Crippen LogP contribution in [0.4, 0.5) is 74.6 Å². The summed E-state index contributed by atoms with van der Waals surface area (Å²) in [4.78, 5) is 23.3. The van der Waals surface area contributed by atoms with Crippen molar-refractivity contribution in [3.05, 3.63) is 132 Å². The lowest BCUT2D eigenvalue weighted by atomic mass is 9.80. The van der Waals surface area contributed by atoms with Crippen molar-refractivity contribution >= 4 is 11.9 Å². The number of ether oxygens (including phenoxy) is 2. The summed E-state index contributed by atoms with van der Waals surface area (Å²) in [5.41, 5.74) is 0.713. The molecule has 0 amide bonds. The molecule has 308 valence electrons. The highest BCUT2D eigenvalue weighted by atomic mass is 19.4. The van der Waals surface area contributed by atoms with Gasteiger partial charge in [-0.05, 0) is 13.8 Å². The molecular formula is C35H25F17O4. The highest BCUT2D eigenvalue weighted by molar-refractivity contribution is 5.88. The normalized spacial score (nSPS) is 13.6. The summed E-state index contributed by atoms with van der Waals surface area (Å²) in [6.45, 7) is 8.25. The summed E-state index contributed by atoms with van der Waals surface area (Å²) in [7, 11) is 0. The van der Waals surface area contributed by atoms with Crippen molar-refractivity contribution in [2.45, 2.75) is 67.3 Å². The number of carbonyl (C=O) groups excluding carboxylic acids is 2. The van der Waals surface area contributed by atoms with E-state index in [-0.39, 0.29) is 0 Å². The Kier molecular flexibility index (Phi) is 13.3. The first-order chi connectivity index (χ1) is 25.2. The van der Waals surface area contributed by atoms with E-state index >= 15 is 0 Å². The van der Waals surface area contributed by atoms with Gasteiger partial charge in [0.2, 0.25) is 0 Å². The molecule has 0 aromatic heterocycles. The number of alkyl halides is 17. The zero-order chi connectivity index (χ0) is 43.6. The minimum Gasteiger partial charge on any atom is -0.441 e. The Morgan fingerprint density at radius 1 is 0.411 bits per heavy atom. The first kappa shape index (κ1) is 47.0. The van der Waals surface area contributed by atoms with Crippen LogP contribution in [0.25, 0.3) is 0 Å². The molecule has 0 aliphatic carbocycles. The average molecular weight is 833 g/mol. The third-order valence-corrected chi connectivity index (χ3v) is 7.40. The molecule has 21 heteroatoms. The van der Waals surface area contributed by atoms with Gasteiger partial charge in [0.15, 0.2) is 5.60 Å². The van der Waals surface area contributed by atoms with Crippen LogP contribution in [-0.4, -0.2) is 59.8 Å². The number of benzene rings is 3. The van der Waals surface area contributed by atoms with E-state index in [2.05, 4.69) is 17.9 Å². The molecule has 0 N–H and O–H groups in total. The van der Waals surface area contributed by atoms with Crippen LogP contribution >= 0.6 is 0 Å². The monoisotopic (exact) mass is 832 g/mol. The van der Waals surface area contributed by atoms with E-state index in [1.807, 2.05) is 91.0 Å². The third-order valence-electron chi connectivity index (χ3n) is 7.40. The van der Waals surface area contributed by atoms with Gasteiger partial charge in [-0.3, -0.25) is 0 Å². The van der Waals surface area contributed by atoms with Gasteiger partial charge in [-0.15, -0.1) is 0 Å². The molecular weight excluding hydrogens is 807 g/mol. The molecule has 3 aromatic carbocycles. The van der Waals surface area contributed by atoms with Crippen molar-refractivity contribution in [1.29, 1.82) is 0 Å². The fraction of sp³-hybridized carbons (Fsp3) is 0.314. The van der Waals surface area contributed by atoms with E-state index < -0.39 is 70.9 Å². The van der Waals surface area contributed by atoms with Gasteiger partial charge in [0.25, 0.3) is 0 Å². The molecule has 0 atom stereocenters. The molecule has 0 bridgehead atoms. The summed E-state index contributed by atoms with van der Waals surface area (Å²) < 4.78 is 227. The SMILES string of the molecule is C=C(C)C(=O)OC(F)(F)C(F)(F)C(F)(F)C(F)(F)C(F)(F)C(F)(F)C(F)(F)C(F)(F)F.C=C(C)C(=O)OC(c1ccccc1)(c1ccccc1)c1ccccc1. The van der Waals surface area contributed by atoms with Crippen LogP contribution in [0.1, 0.15) is 30.5 Å². The summed E-state index contributed by atoms with van der Waals surface area (Å²) in [5, 5.41) is 0. The van der Waals surface area contributed by atoms with Crippen LogP contribution in [0, 0.1) is 0 Å². The first-order valence-electron chi connectivity index (χ1n) is 14.9. The molecule has 3 rings (SSSR count). The average Bonchev–Trinajstić information content (AvgIpc) is 3.10. The second-order valence-corrected chi connectivity index (χ2v) is 11.6. The van der Waals surface area contributed by atoms with Crippen molar-refractivity contribution in [1.82, 2.24) is 0 Å². The van der Waals surface area contributed by atoms with Crippen LogP contribution < -0.4 is 0 Å². The van der Waals surface area contributed by atoms with Gasteiger partial charge in [0, 0.05) is 27.8 Å². The quantitative estimate of drug-likeness (QED) is 0.0745. The topological polar surface area (TPSA) is 52.6 Å². The lowest BCUT2D eigenvalue weighted by molar-refractivity contribution is -0.473. The van der Waals surface area contributed by atoms with Crippen LogP contribution in [0.3, 0.4) is 0 Å². The Hall–Kier alpha value is -5.11. The second-order valence-electron chi connectivity index (χ2n) is 11.6. The van der Waals surface area contributed by atoms with E-state index in [9.17, 15) is 84.2 Å². The second kappa shape index (κ2) is 15.8. The van der Waals surface area contributed by atoms with Crippen molar-refractivity contribution in [3.8, 4) is 0 Å². The zero-order valence-electron chi connectivity index (χ0n) is 28.1. The molecule has 0 aliphatic heterocycles. The maximum absolute atomic E-state index is 13.3. The van der Waals surface area contributed by atoms with E-state index in [0.29, 0.717) is 12.5 Å². The molecule has 0 aliphatic rings. The molecule has 0 heterocycles. The standard InChI is InChI=1S/C23H20O2.C12H5F17O2/c1-18(2)22(24)25-23(19-12-6-3-7-13-19,20-14-8-4-9-15-20)21-16-10-5-11-17-21;1-3(2)4(30)31-12(28,29)10(23,24)8(19,20)6(15,16)5(13,14)7(17,18)9(21,22)11(25,26)27/h3-17H,1H2,2H3;1H2,2H3. The third kappa shape index (κ3) is 8.07. The molecule has 4 nitrogen and oxygen atoms in total. The number of esters is 2. The van der Waals surface area contributed by atoms with Gasteiger partial charge in [-0.2, -0.15) is 74.6 Å². The number of halogens is 17. The Bertz CT molecular complexity index is 1760. The molecule has 0 fully saturated rings. The molecule has 0 unspecified atom stereocenters. The largest absolute Gasteiger partial charge is 0.473 e. The summed E-state index contributed by atoms with van der Waals surface area (Å²) in [5.74, 6) is -54.0. The molecule has 0 spiro atoms. The predicted octanol–water partition coefficient (Wildman–Crippen LogP) is 11.2. The summed E-state index contributed by atoms with van der Waals surface area (Å²) in [6, 6.07) is 29.4. The lowest BCUT2D eigenvalue weighted by Crippen LogP contribution is -2.74. The van der Waals surface area contributed by atoms with Gasteiger partial charge in [0.05, 0.1) is 0 Å². The molecule has 56 heavy (non-hydrogen) atoms. The van der Waals surface area contributed by atoms with Gasteiger partial charge >= 0.3 is 59.8 Å². The Morgan fingerprint density at radius 3 is 0.929 bits per heavy atom. The maximum Gasteiger partial charge on any atom is 0.473 e.